The third-order valence-corrected chi connectivity index (χ3v) is 12.0. The van der Waals surface area contributed by atoms with Crippen molar-refractivity contribution in [3.8, 4) is 33.6 Å². The van der Waals surface area contributed by atoms with Gasteiger partial charge in [0.1, 0.15) is 23.7 Å². The van der Waals surface area contributed by atoms with E-state index in [1.807, 2.05) is 38.8 Å². The number of carbonyl (C=O) groups excluding carboxylic acids is 4. The van der Waals surface area contributed by atoms with Crippen LogP contribution in [0.15, 0.2) is 48.7 Å². The van der Waals surface area contributed by atoms with Crippen LogP contribution in [-0.2, 0) is 31.9 Å². The minimum absolute atomic E-state index is 0.0424. The van der Waals surface area contributed by atoms with Gasteiger partial charge in [-0.25, -0.2) is 19.6 Å². The molecular weight excluding hydrogens is 737 g/mol. The van der Waals surface area contributed by atoms with Gasteiger partial charge in [0.2, 0.25) is 11.8 Å². The monoisotopic (exact) mass is 792 g/mol. The van der Waals surface area contributed by atoms with E-state index < -0.39 is 24.3 Å². The van der Waals surface area contributed by atoms with Gasteiger partial charge < -0.3 is 40.3 Å². The number of benzene rings is 2. The lowest BCUT2D eigenvalue weighted by Gasteiger charge is -2.30. The second-order valence-electron chi connectivity index (χ2n) is 16.5. The number of aromatic amines is 2. The lowest BCUT2D eigenvalue weighted by Crippen LogP contribution is -2.52. The van der Waals surface area contributed by atoms with Gasteiger partial charge in [0.05, 0.1) is 37.8 Å². The lowest BCUT2D eigenvalue weighted by atomic mass is 9.95. The molecule has 308 valence electrons. The third-order valence-electron chi connectivity index (χ3n) is 12.0. The number of hydrogen-bond acceptors (Lipinski definition) is 8. The van der Waals surface area contributed by atoms with Crippen LogP contribution in [0.2, 0.25) is 0 Å². The van der Waals surface area contributed by atoms with Gasteiger partial charge in [0.25, 0.3) is 0 Å². The van der Waals surface area contributed by atoms with Crippen LogP contribution in [0.5, 0.6) is 0 Å². The Morgan fingerprint density at radius 2 is 1.47 bits per heavy atom. The summed E-state index contributed by atoms with van der Waals surface area (Å²) in [4.78, 5) is 69.8. The van der Waals surface area contributed by atoms with Gasteiger partial charge in [-0.1, -0.05) is 76.6 Å². The molecule has 14 heteroatoms. The first-order valence-corrected chi connectivity index (χ1v) is 20.6. The largest absolute Gasteiger partial charge is 0.453 e. The number of H-pyrrole nitrogens is 2. The summed E-state index contributed by atoms with van der Waals surface area (Å²) in [6.45, 7) is 8.24. The maximum Gasteiger partial charge on any atom is 0.407 e. The first kappa shape index (κ1) is 40.5. The van der Waals surface area contributed by atoms with Gasteiger partial charge in [-0.2, -0.15) is 0 Å². The molecule has 7 rings (SSSR count). The Labute approximate surface area is 339 Å². The molecule has 0 spiro atoms. The van der Waals surface area contributed by atoms with Crippen molar-refractivity contribution in [2.45, 2.75) is 109 Å². The minimum atomic E-state index is -0.691. The van der Waals surface area contributed by atoms with Gasteiger partial charge >= 0.3 is 12.2 Å². The highest BCUT2D eigenvalue weighted by atomic mass is 16.5. The predicted molar refractivity (Wildman–Crippen MR) is 220 cm³/mol. The van der Waals surface area contributed by atoms with E-state index in [9.17, 15) is 19.2 Å². The Kier molecular flexibility index (Phi) is 12.2. The van der Waals surface area contributed by atoms with Crippen LogP contribution in [0, 0.1) is 11.8 Å². The first-order valence-electron chi connectivity index (χ1n) is 20.6. The Morgan fingerprint density at radius 3 is 2.17 bits per heavy atom. The summed E-state index contributed by atoms with van der Waals surface area (Å²) in [5.41, 5.74) is 8.58. The standard InChI is InChI=1S/C44H56N8O6/c1-24(2)36(50-43(55)57-5)41(53)48-32-12-8-11-31(32)39-45-23-34(47-39)27-17-15-26(16-18-27)28-19-20-30-29(22-28)10-7-13-33-38(30)49-40(46-33)35-14-9-21-52(35)42(54)37(25(3)4)51-44(56)58-6/h15-20,22-25,31-32,35-37H,7-14,21H2,1-6H3,(H,45,47)(H,46,49)(H,48,53)(H,50,55)(H,51,56)/t31-,32-,35-,36-,37-/m0/s1. The fraction of sp³-hybridized carbons (Fsp3) is 0.500. The van der Waals surface area contributed by atoms with Crippen LogP contribution >= 0.6 is 0 Å². The van der Waals surface area contributed by atoms with E-state index >= 15 is 0 Å². The van der Waals surface area contributed by atoms with E-state index in [-0.39, 0.29) is 41.7 Å². The molecule has 4 amide bonds. The Hall–Kier alpha value is -5.66. The van der Waals surface area contributed by atoms with E-state index in [0.717, 1.165) is 102 Å². The topological polar surface area (TPSA) is 183 Å². The summed E-state index contributed by atoms with van der Waals surface area (Å²) in [6, 6.07) is 13.4. The van der Waals surface area contributed by atoms with Crippen molar-refractivity contribution in [2.75, 3.05) is 20.8 Å². The van der Waals surface area contributed by atoms with Crippen molar-refractivity contribution in [1.82, 2.24) is 40.8 Å². The fourth-order valence-electron chi connectivity index (χ4n) is 8.82. The summed E-state index contributed by atoms with van der Waals surface area (Å²) in [5, 5.41) is 8.57. The summed E-state index contributed by atoms with van der Waals surface area (Å²) >= 11 is 0. The van der Waals surface area contributed by atoms with E-state index in [0.29, 0.717) is 6.54 Å². The molecule has 58 heavy (non-hydrogen) atoms. The van der Waals surface area contributed by atoms with Gasteiger partial charge in [0.15, 0.2) is 0 Å². The lowest BCUT2D eigenvalue weighted by molar-refractivity contribution is -0.135. The predicted octanol–water partition coefficient (Wildman–Crippen LogP) is 6.80. The van der Waals surface area contributed by atoms with Crippen LogP contribution in [0.3, 0.4) is 0 Å². The average Bonchev–Trinajstić information content (AvgIpc) is 4.05. The molecule has 1 saturated carbocycles. The number of fused-ring (bicyclic) bond motifs is 3. The third kappa shape index (κ3) is 8.46. The molecule has 14 nitrogen and oxygen atoms in total. The number of nitrogens with zero attached hydrogens (tertiary/aromatic N) is 3. The van der Waals surface area contributed by atoms with Crippen molar-refractivity contribution in [2.24, 2.45) is 11.8 Å². The zero-order valence-electron chi connectivity index (χ0n) is 34.3. The van der Waals surface area contributed by atoms with Crippen LogP contribution in [0.1, 0.15) is 101 Å². The number of rotatable bonds is 11. The second kappa shape index (κ2) is 17.5. The van der Waals surface area contributed by atoms with Crippen molar-refractivity contribution < 1.29 is 28.7 Å². The molecule has 3 aliphatic rings. The number of nitrogens with one attached hydrogen (secondary N) is 5. The first-order chi connectivity index (χ1) is 27.9. The zero-order chi connectivity index (χ0) is 41.1. The number of hydrogen-bond donors (Lipinski definition) is 5. The quantitative estimate of drug-likeness (QED) is 0.110. The van der Waals surface area contributed by atoms with Gasteiger partial charge in [-0.15, -0.1) is 0 Å². The van der Waals surface area contributed by atoms with Crippen molar-refractivity contribution in [1.29, 1.82) is 0 Å². The molecule has 0 bridgehead atoms. The molecule has 3 heterocycles. The number of methoxy groups -OCH3 is 2. The second-order valence-corrected chi connectivity index (χ2v) is 16.5. The smallest absolute Gasteiger partial charge is 0.407 e. The normalized spacial score (nSPS) is 19.9. The molecule has 5 N–H and O–H groups in total. The number of ether oxygens (including phenoxy) is 2. The number of alkyl carbamates (subject to hydrolysis) is 2. The summed E-state index contributed by atoms with van der Waals surface area (Å²) in [7, 11) is 2.59. The van der Waals surface area contributed by atoms with Gasteiger partial charge in [-0.05, 0) is 79.0 Å². The number of aryl methyl sites for hydroxylation is 2. The number of aromatic nitrogens is 4. The highest BCUT2D eigenvalue weighted by Crippen LogP contribution is 2.39. The van der Waals surface area contributed by atoms with Gasteiger partial charge in [-0.3, -0.25) is 9.59 Å². The molecular formula is C44H56N8O6. The summed E-state index contributed by atoms with van der Waals surface area (Å²) in [5.74, 6) is 1.15. The van der Waals surface area contributed by atoms with E-state index in [1.54, 1.807) is 0 Å². The van der Waals surface area contributed by atoms with Crippen LogP contribution in [0.25, 0.3) is 33.6 Å². The van der Waals surface area contributed by atoms with Crippen molar-refractivity contribution in [3.05, 3.63) is 71.6 Å². The number of imidazole rings is 2. The summed E-state index contributed by atoms with van der Waals surface area (Å²) in [6.07, 6.45) is 7.78. The molecule has 0 unspecified atom stereocenters. The molecule has 1 saturated heterocycles. The van der Waals surface area contributed by atoms with E-state index in [4.69, 9.17) is 19.4 Å². The molecule has 4 aromatic rings. The Balaban J connectivity index is 1.04. The molecule has 0 radical (unpaired) electrons. The zero-order valence-corrected chi connectivity index (χ0v) is 34.3. The van der Waals surface area contributed by atoms with E-state index in [1.165, 1.54) is 19.8 Å². The molecule has 2 aromatic carbocycles. The van der Waals surface area contributed by atoms with Crippen molar-refractivity contribution in [3.63, 3.8) is 0 Å². The van der Waals surface area contributed by atoms with Crippen molar-refractivity contribution >= 4 is 24.0 Å². The molecule has 2 aromatic heterocycles. The van der Waals surface area contributed by atoms with Crippen LogP contribution in [0.4, 0.5) is 9.59 Å². The fourth-order valence-corrected chi connectivity index (χ4v) is 8.82. The number of likely N-dealkylation sites (tertiary alicyclic amines) is 1. The Bertz CT molecular complexity index is 2120. The Morgan fingerprint density at radius 1 is 0.776 bits per heavy atom. The molecule has 2 aliphatic carbocycles. The number of carbonyl (C=O) groups is 4. The molecule has 2 fully saturated rings. The average molecular weight is 793 g/mol. The summed E-state index contributed by atoms with van der Waals surface area (Å²) < 4.78 is 9.53. The van der Waals surface area contributed by atoms with E-state index in [2.05, 4.69) is 68.4 Å². The molecule has 1 aliphatic heterocycles. The minimum Gasteiger partial charge on any atom is -0.453 e. The van der Waals surface area contributed by atoms with Gasteiger partial charge in [0, 0.05) is 29.8 Å². The molecule has 5 atom stereocenters. The SMILES string of the molecule is COC(=O)N[C@H](C(=O)N[C@H]1CCC[C@@H]1c1ncc(-c2ccc(-c3ccc4c(c3)CCCc3[nH]c([C@@H]5CCCN5C(=O)[C@@H](NC(=O)OC)C(C)C)nc3-4)cc2)[nH]1)C(C)C. The highest BCUT2D eigenvalue weighted by molar-refractivity contribution is 5.87. The van der Waals surface area contributed by atoms with Crippen LogP contribution in [-0.4, -0.2) is 87.7 Å². The number of amides is 4. The maximum atomic E-state index is 13.7. The maximum absolute atomic E-state index is 13.7. The highest BCUT2D eigenvalue weighted by Gasteiger charge is 2.39. The van der Waals surface area contributed by atoms with Crippen LogP contribution < -0.4 is 16.0 Å².